The monoisotopic (exact) mass is 426 g/mol. The standard InChI is InChI=1S/C29H34N2O/c1-23-15-16-27(22-24(23)2)28(32)14-9-17-30-18-20-31(21-19-30)29(25-10-5-3-6-11-25)26-12-7-4-8-13-26/h3-8,10-13,15-16,22,29H,9,14,17-21H2,1-2H3. The number of nitrogens with zero attached hydrogens (tertiary/aromatic N) is 2. The van der Waals surface area contributed by atoms with E-state index < -0.39 is 0 Å². The van der Waals surface area contributed by atoms with Crippen molar-refractivity contribution in [1.82, 2.24) is 9.80 Å². The second-order valence-electron chi connectivity index (χ2n) is 8.93. The average molecular weight is 427 g/mol. The van der Waals surface area contributed by atoms with Crippen molar-refractivity contribution < 1.29 is 4.79 Å². The second-order valence-corrected chi connectivity index (χ2v) is 8.93. The lowest BCUT2D eigenvalue weighted by molar-refractivity contribution is 0.0942. The van der Waals surface area contributed by atoms with Crippen LogP contribution in [0, 0.1) is 13.8 Å². The normalized spacial score (nSPS) is 15.2. The van der Waals surface area contributed by atoms with Gasteiger partial charge in [0.15, 0.2) is 5.78 Å². The van der Waals surface area contributed by atoms with Gasteiger partial charge in [-0.3, -0.25) is 9.69 Å². The van der Waals surface area contributed by atoms with E-state index in [4.69, 9.17) is 0 Å². The Morgan fingerprint density at radius 3 is 1.94 bits per heavy atom. The van der Waals surface area contributed by atoms with Crippen molar-refractivity contribution in [2.24, 2.45) is 0 Å². The summed E-state index contributed by atoms with van der Waals surface area (Å²) >= 11 is 0. The van der Waals surface area contributed by atoms with Crippen molar-refractivity contribution in [3.05, 3.63) is 107 Å². The fourth-order valence-electron chi connectivity index (χ4n) is 4.65. The average Bonchev–Trinajstić information content (AvgIpc) is 2.83. The van der Waals surface area contributed by atoms with Gasteiger partial charge in [-0.15, -0.1) is 0 Å². The minimum absolute atomic E-state index is 0.264. The molecule has 3 aromatic rings. The number of rotatable bonds is 8. The van der Waals surface area contributed by atoms with E-state index in [1.807, 2.05) is 12.1 Å². The van der Waals surface area contributed by atoms with Gasteiger partial charge in [0.2, 0.25) is 0 Å². The molecule has 0 aliphatic carbocycles. The molecule has 1 aliphatic rings. The van der Waals surface area contributed by atoms with Gasteiger partial charge in [0.25, 0.3) is 0 Å². The summed E-state index contributed by atoms with van der Waals surface area (Å²) in [5.41, 5.74) is 5.99. The molecule has 0 saturated carbocycles. The summed E-state index contributed by atoms with van der Waals surface area (Å²) in [6.45, 7) is 9.33. The van der Waals surface area contributed by atoms with Crippen molar-refractivity contribution in [2.45, 2.75) is 32.7 Å². The highest BCUT2D eigenvalue weighted by Crippen LogP contribution is 2.29. The van der Waals surface area contributed by atoms with E-state index >= 15 is 0 Å². The van der Waals surface area contributed by atoms with Gasteiger partial charge in [0.05, 0.1) is 6.04 Å². The number of carbonyl (C=O) groups excluding carboxylic acids is 1. The summed E-state index contributed by atoms with van der Waals surface area (Å²) < 4.78 is 0. The first-order chi connectivity index (χ1) is 15.6. The van der Waals surface area contributed by atoms with Crippen LogP contribution in [0.3, 0.4) is 0 Å². The van der Waals surface area contributed by atoms with Crippen LogP contribution in [-0.2, 0) is 0 Å². The summed E-state index contributed by atoms with van der Waals surface area (Å²) in [4.78, 5) is 17.7. The topological polar surface area (TPSA) is 23.6 Å². The predicted molar refractivity (Wildman–Crippen MR) is 132 cm³/mol. The summed E-state index contributed by atoms with van der Waals surface area (Å²) in [5.74, 6) is 0.264. The van der Waals surface area contributed by atoms with Gasteiger partial charge in [-0.2, -0.15) is 0 Å². The van der Waals surface area contributed by atoms with Crippen molar-refractivity contribution in [3.8, 4) is 0 Å². The Labute approximate surface area is 192 Å². The molecule has 0 bridgehead atoms. The molecule has 166 valence electrons. The van der Waals surface area contributed by atoms with Crippen molar-refractivity contribution in [2.75, 3.05) is 32.7 Å². The number of hydrogen-bond acceptors (Lipinski definition) is 3. The van der Waals surface area contributed by atoms with Crippen LogP contribution in [0.5, 0.6) is 0 Å². The lowest BCUT2D eigenvalue weighted by atomic mass is 9.96. The SMILES string of the molecule is Cc1ccc(C(=O)CCCN2CCN(C(c3ccccc3)c3ccccc3)CC2)cc1C. The largest absolute Gasteiger partial charge is 0.301 e. The zero-order valence-electron chi connectivity index (χ0n) is 19.3. The van der Waals surface area contributed by atoms with Gasteiger partial charge < -0.3 is 4.90 Å². The van der Waals surface area contributed by atoms with E-state index in [2.05, 4.69) is 90.4 Å². The Hall–Kier alpha value is -2.75. The van der Waals surface area contributed by atoms with E-state index in [9.17, 15) is 4.79 Å². The molecule has 3 aromatic carbocycles. The summed E-state index contributed by atoms with van der Waals surface area (Å²) in [5, 5.41) is 0. The number of aryl methyl sites for hydroxylation is 2. The number of ketones is 1. The molecule has 1 fully saturated rings. The molecule has 3 nitrogen and oxygen atoms in total. The van der Waals surface area contributed by atoms with Crippen LogP contribution in [0.4, 0.5) is 0 Å². The van der Waals surface area contributed by atoms with E-state index in [0.29, 0.717) is 12.5 Å². The van der Waals surface area contributed by atoms with E-state index in [1.54, 1.807) is 0 Å². The minimum atomic E-state index is 0.264. The fourth-order valence-corrected chi connectivity index (χ4v) is 4.65. The molecule has 32 heavy (non-hydrogen) atoms. The maximum atomic E-state index is 12.6. The molecule has 1 aliphatic heterocycles. The number of Topliss-reactive ketones (excluding diaryl/α,β-unsaturated/α-hetero) is 1. The molecule has 0 atom stereocenters. The van der Waals surface area contributed by atoms with Crippen LogP contribution in [0.2, 0.25) is 0 Å². The minimum Gasteiger partial charge on any atom is -0.301 e. The predicted octanol–water partition coefficient (Wildman–Crippen LogP) is 5.67. The van der Waals surface area contributed by atoms with Gasteiger partial charge in [0, 0.05) is 38.2 Å². The van der Waals surface area contributed by atoms with E-state index in [-0.39, 0.29) is 5.78 Å². The summed E-state index contributed by atoms with van der Waals surface area (Å²) in [7, 11) is 0. The highest BCUT2D eigenvalue weighted by molar-refractivity contribution is 5.96. The Bertz CT molecular complexity index is 968. The van der Waals surface area contributed by atoms with Gasteiger partial charge in [-0.05, 0) is 55.1 Å². The van der Waals surface area contributed by atoms with Crippen LogP contribution in [0.25, 0.3) is 0 Å². The van der Waals surface area contributed by atoms with Crippen LogP contribution in [0.1, 0.15) is 51.5 Å². The Kier molecular flexibility index (Phi) is 7.51. The van der Waals surface area contributed by atoms with Gasteiger partial charge in [0.1, 0.15) is 0 Å². The van der Waals surface area contributed by atoms with Crippen LogP contribution in [0.15, 0.2) is 78.9 Å². The first-order valence-electron chi connectivity index (χ1n) is 11.8. The molecule has 1 saturated heterocycles. The van der Waals surface area contributed by atoms with E-state index in [0.717, 1.165) is 44.7 Å². The third-order valence-electron chi connectivity index (χ3n) is 6.71. The molecule has 4 rings (SSSR count). The Morgan fingerprint density at radius 2 is 1.38 bits per heavy atom. The first kappa shape index (κ1) is 22.4. The number of hydrogen-bond donors (Lipinski definition) is 0. The van der Waals surface area contributed by atoms with Crippen molar-refractivity contribution in [3.63, 3.8) is 0 Å². The quantitative estimate of drug-likeness (QED) is 0.433. The molecular weight excluding hydrogens is 392 g/mol. The lowest BCUT2D eigenvalue weighted by Crippen LogP contribution is -2.48. The Morgan fingerprint density at radius 1 is 0.781 bits per heavy atom. The molecule has 0 spiro atoms. The number of piperazine rings is 1. The third kappa shape index (κ3) is 5.53. The summed E-state index contributed by atoms with van der Waals surface area (Å²) in [6.07, 6.45) is 1.55. The highest BCUT2D eigenvalue weighted by atomic mass is 16.1. The van der Waals surface area contributed by atoms with Crippen LogP contribution < -0.4 is 0 Å². The number of benzene rings is 3. The molecule has 0 aromatic heterocycles. The lowest BCUT2D eigenvalue weighted by Gasteiger charge is -2.39. The van der Waals surface area contributed by atoms with Crippen molar-refractivity contribution in [1.29, 1.82) is 0 Å². The second kappa shape index (κ2) is 10.7. The number of carbonyl (C=O) groups is 1. The highest BCUT2D eigenvalue weighted by Gasteiger charge is 2.26. The molecule has 1 heterocycles. The first-order valence-corrected chi connectivity index (χ1v) is 11.8. The molecular formula is C29H34N2O. The zero-order chi connectivity index (χ0) is 22.3. The van der Waals surface area contributed by atoms with Crippen LogP contribution >= 0.6 is 0 Å². The maximum absolute atomic E-state index is 12.6. The van der Waals surface area contributed by atoms with Gasteiger partial charge in [-0.25, -0.2) is 0 Å². The fraction of sp³-hybridized carbons (Fsp3) is 0.345. The van der Waals surface area contributed by atoms with Crippen LogP contribution in [-0.4, -0.2) is 48.3 Å². The smallest absolute Gasteiger partial charge is 0.162 e. The van der Waals surface area contributed by atoms with E-state index in [1.165, 1.54) is 22.3 Å². The molecule has 0 N–H and O–H groups in total. The molecule has 0 unspecified atom stereocenters. The molecule has 3 heteroatoms. The molecule has 0 radical (unpaired) electrons. The van der Waals surface area contributed by atoms with Crippen molar-refractivity contribution >= 4 is 5.78 Å². The maximum Gasteiger partial charge on any atom is 0.162 e. The van der Waals surface area contributed by atoms with Gasteiger partial charge in [-0.1, -0.05) is 72.8 Å². The third-order valence-corrected chi connectivity index (χ3v) is 6.71. The summed E-state index contributed by atoms with van der Waals surface area (Å²) in [6, 6.07) is 28.0. The van der Waals surface area contributed by atoms with Gasteiger partial charge >= 0.3 is 0 Å². The zero-order valence-corrected chi connectivity index (χ0v) is 19.3. The molecule has 0 amide bonds. The Balaban J connectivity index is 1.31.